The number of aromatic nitrogens is 3. The van der Waals surface area contributed by atoms with Gasteiger partial charge in [0.2, 0.25) is 0 Å². The average molecular weight is 644 g/mol. The summed E-state index contributed by atoms with van der Waals surface area (Å²) in [6.07, 6.45) is 3.12. The minimum Gasteiger partial charge on any atom is -0.449 e. The molecule has 0 saturated carbocycles. The van der Waals surface area contributed by atoms with Crippen molar-refractivity contribution in [3.05, 3.63) is 95.9 Å². The molecule has 46 heavy (non-hydrogen) atoms. The van der Waals surface area contributed by atoms with Gasteiger partial charge in [-0.2, -0.15) is 8.42 Å². The number of carbonyl (C=O) groups is 1. The van der Waals surface area contributed by atoms with Crippen molar-refractivity contribution < 1.29 is 31.6 Å². The van der Waals surface area contributed by atoms with E-state index in [2.05, 4.69) is 18.8 Å². The van der Waals surface area contributed by atoms with Crippen LogP contribution in [0, 0.1) is 18.8 Å². The molecule has 0 radical (unpaired) electrons. The van der Waals surface area contributed by atoms with Gasteiger partial charge >= 0.3 is 6.09 Å². The van der Waals surface area contributed by atoms with Crippen LogP contribution < -0.4 is 0 Å². The molecule has 2 aromatic heterocycles. The second-order valence-corrected chi connectivity index (χ2v) is 12.2. The number of nitrogens with zero attached hydrogens (tertiary/aromatic N) is 3. The lowest BCUT2D eigenvalue weighted by Gasteiger charge is -2.09. The molecule has 0 amide bonds. The van der Waals surface area contributed by atoms with Gasteiger partial charge in [-0.15, -0.1) is 0 Å². The summed E-state index contributed by atoms with van der Waals surface area (Å²) >= 11 is 0. The molecule has 0 aliphatic rings. The lowest BCUT2D eigenvalue weighted by molar-refractivity contribution is 0.0349. The molecule has 5 aromatic rings. The number of fused-ring (bicyclic) bond motifs is 2. The number of ether oxygens (including phenoxy) is 3. The number of benzene rings is 3. The van der Waals surface area contributed by atoms with Crippen LogP contribution in [-0.4, -0.2) is 68.3 Å². The predicted molar refractivity (Wildman–Crippen MR) is 175 cm³/mol. The maximum atomic E-state index is 12.4. The molecule has 10 nitrogen and oxygen atoms in total. The maximum absolute atomic E-state index is 12.4. The van der Waals surface area contributed by atoms with Gasteiger partial charge in [-0.25, -0.2) is 9.78 Å². The van der Waals surface area contributed by atoms with Crippen LogP contribution in [0.4, 0.5) is 4.79 Å². The minimum absolute atomic E-state index is 0.0797. The predicted octanol–water partition coefficient (Wildman–Crippen LogP) is 5.92. The van der Waals surface area contributed by atoms with Crippen molar-refractivity contribution in [1.29, 1.82) is 0 Å². The fourth-order valence-corrected chi connectivity index (χ4v) is 5.62. The lowest BCUT2D eigenvalue weighted by Crippen LogP contribution is -2.15. The fourth-order valence-electron chi connectivity index (χ4n) is 4.73. The Bertz CT molecular complexity index is 1950. The Morgan fingerprint density at radius 2 is 1.61 bits per heavy atom. The number of hydrogen-bond acceptors (Lipinski definition) is 8. The van der Waals surface area contributed by atoms with Gasteiger partial charge in [0.1, 0.15) is 0 Å². The summed E-state index contributed by atoms with van der Waals surface area (Å²) in [6, 6.07) is 21.9. The van der Waals surface area contributed by atoms with E-state index in [1.54, 1.807) is 18.3 Å². The van der Waals surface area contributed by atoms with Gasteiger partial charge in [-0.3, -0.25) is 8.75 Å². The van der Waals surface area contributed by atoms with E-state index in [1.165, 1.54) is 16.7 Å². The summed E-state index contributed by atoms with van der Waals surface area (Å²) in [5, 5.41) is 0.891. The number of carbonyl (C=O) groups excluding carboxylic acids is 1. The van der Waals surface area contributed by atoms with Crippen LogP contribution >= 0.6 is 0 Å². The molecule has 0 bridgehead atoms. The zero-order chi connectivity index (χ0) is 32.4. The highest BCUT2D eigenvalue weighted by Crippen LogP contribution is 2.19. The van der Waals surface area contributed by atoms with Crippen molar-refractivity contribution in [2.75, 3.05) is 39.6 Å². The second kappa shape index (κ2) is 15.7. The molecule has 2 heterocycles. The second-order valence-electron chi connectivity index (χ2n) is 10.6. The quantitative estimate of drug-likeness (QED) is 0.0833. The first-order valence-electron chi connectivity index (χ1n) is 15.2. The van der Waals surface area contributed by atoms with Crippen LogP contribution in [0.15, 0.2) is 83.9 Å². The number of unbranched alkanes of at least 4 members (excludes halogenated alkanes) is 1. The Balaban J connectivity index is 1.13. The number of aryl methyl sites for hydroxylation is 1. The Kier molecular flexibility index (Phi) is 11.2. The molecule has 0 aliphatic carbocycles. The Morgan fingerprint density at radius 1 is 0.848 bits per heavy atom. The third-order valence-corrected chi connectivity index (χ3v) is 8.52. The SMILES string of the molecule is CCCCOC(=O)n1ccc2cc(C#Cc3nc4ccccc4n3CCOCCOCCOS(=O)(=O)c3ccc(C)cc3)ccc21. The largest absolute Gasteiger partial charge is 0.449 e. The number of imidazole rings is 1. The molecule has 5 rings (SSSR count). The van der Waals surface area contributed by atoms with E-state index in [1.807, 2.05) is 60.0 Å². The summed E-state index contributed by atoms with van der Waals surface area (Å²) in [5.41, 5.74) is 4.32. The highest BCUT2D eigenvalue weighted by Gasteiger charge is 2.15. The van der Waals surface area contributed by atoms with Crippen LogP contribution in [0.3, 0.4) is 0 Å². The van der Waals surface area contributed by atoms with Gasteiger partial charge in [-0.1, -0.05) is 49.1 Å². The summed E-state index contributed by atoms with van der Waals surface area (Å²) < 4.78 is 49.7. The Morgan fingerprint density at radius 3 is 2.41 bits per heavy atom. The molecule has 3 aromatic carbocycles. The van der Waals surface area contributed by atoms with E-state index in [0.717, 1.165) is 45.9 Å². The third kappa shape index (κ3) is 8.41. The molecular weight excluding hydrogens is 606 g/mol. The van der Waals surface area contributed by atoms with Crippen LogP contribution in [0.2, 0.25) is 0 Å². The zero-order valence-corrected chi connectivity index (χ0v) is 26.8. The third-order valence-electron chi connectivity index (χ3n) is 7.19. The minimum atomic E-state index is -3.81. The normalized spacial score (nSPS) is 11.5. The molecule has 0 atom stereocenters. The van der Waals surface area contributed by atoms with Gasteiger partial charge < -0.3 is 18.8 Å². The van der Waals surface area contributed by atoms with Crippen LogP contribution in [0.25, 0.3) is 21.9 Å². The molecular formula is C35H37N3O7S. The summed E-state index contributed by atoms with van der Waals surface area (Å²) in [6.45, 7) is 5.96. The molecule has 0 N–H and O–H groups in total. The molecule has 240 valence electrons. The molecule has 0 spiro atoms. The number of rotatable bonds is 14. The number of hydrogen-bond donors (Lipinski definition) is 0. The fraction of sp³-hybridized carbons (Fsp3) is 0.314. The Labute approximate surface area is 269 Å². The standard InChI is InChI=1S/C35H37N3O7S/c1-3-4-20-44-35(39)38-18-17-29-26-28(11-15-32(29)38)12-16-34-36-31-7-5-6-8-33(31)37(34)19-21-42-22-23-43-24-25-45-46(40,41)30-13-9-27(2)10-14-30/h5-11,13-15,17-18,26H,3-4,19-25H2,1-2H3. The van der Waals surface area contributed by atoms with Gasteiger partial charge in [0.15, 0.2) is 5.82 Å². The molecule has 0 saturated heterocycles. The zero-order valence-electron chi connectivity index (χ0n) is 26.0. The molecule has 0 unspecified atom stereocenters. The van der Waals surface area contributed by atoms with E-state index in [9.17, 15) is 13.2 Å². The van der Waals surface area contributed by atoms with Crippen LogP contribution in [-0.2, 0) is 35.1 Å². The van der Waals surface area contributed by atoms with Crippen molar-refractivity contribution in [2.24, 2.45) is 0 Å². The van der Waals surface area contributed by atoms with E-state index in [0.29, 0.717) is 38.8 Å². The van der Waals surface area contributed by atoms with E-state index in [-0.39, 0.29) is 24.2 Å². The average Bonchev–Trinajstić information content (AvgIpc) is 3.64. The summed E-state index contributed by atoms with van der Waals surface area (Å²) in [5.74, 6) is 7.04. The van der Waals surface area contributed by atoms with Gasteiger partial charge in [0.25, 0.3) is 10.1 Å². The first-order valence-corrected chi connectivity index (χ1v) is 16.6. The first kappa shape index (κ1) is 32.9. The topological polar surface area (TPSA) is 111 Å². The van der Waals surface area contributed by atoms with Crippen molar-refractivity contribution in [1.82, 2.24) is 14.1 Å². The first-order chi connectivity index (χ1) is 22.4. The highest BCUT2D eigenvalue weighted by atomic mass is 32.2. The van der Waals surface area contributed by atoms with Gasteiger partial charge in [-0.05, 0) is 67.8 Å². The van der Waals surface area contributed by atoms with Gasteiger partial charge in [0.05, 0.1) is 61.1 Å². The lowest BCUT2D eigenvalue weighted by atomic mass is 10.1. The summed E-state index contributed by atoms with van der Waals surface area (Å²) in [7, 11) is -3.81. The van der Waals surface area contributed by atoms with Crippen molar-refractivity contribution >= 4 is 38.1 Å². The van der Waals surface area contributed by atoms with E-state index in [4.69, 9.17) is 23.4 Å². The highest BCUT2D eigenvalue weighted by molar-refractivity contribution is 7.86. The smallest absolute Gasteiger partial charge is 0.418 e. The molecule has 0 aliphatic heterocycles. The summed E-state index contributed by atoms with van der Waals surface area (Å²) in [4.78, 5) is 17.3. The molecule has 11 heteroatoms. The van der Waals surface area contributed by atoms with Gasteiger partial charge in [0, 0.05) is 23.7 Å². The Hall–Kier alpha value is -4.47. The van der Waals surface area contributed by atoms with Crippen molar-refractivity contribution in [2.45, 2.75) is 38.1 Å². The van der Waals surface area contributed by atoms with E-state index >= 15 is 0 Å². The molecule has 0 fully saturated rings. The van der Waals surface area contributed by atoms with Crippen molar-refractivity contribution in [3.8, 4) is 11.8 Å². The number of para-hydroxylation sites is 2. The van der Waals surface area contributed by atoms with E-state index < -0.39 is 10.1 Å². The van der Waals surface area contributed by atoms with Crippen molar-refractivity contribution in [3.63, 3.8) is 0 Å². The van der Waals surface area contributed by atoms with Crippen LogP contribution in [0.1, 0.15) is 36.7 Å². The monoisotopic (exact) mass is 643 g/mol. The maximum Gasteiger partial charge on any atom is 0.418 e. The van der Waals surface area contributed by atoms with Crippen LogP contribution in [0.5, 0.6) is 0 Å².